The van der Waals surface area contributed by atoms with E-state index in [-0.39, 0.29) is 11.3 Å². The van der Waals surface area contributed by atoms with Crippen LogP contribution in [0.5, 0.6) is 5.75 Å². The number of rotatable bonds is 8. The Morgan fingerprint density at radius 2 is 1.38 bits per heavy atom. The molecule has 0 saturated heterocycles. The zero-order valence-electron chi connectivity index (χ0n) is 12.6. The minimum absolute atomic E-state index is 0.0642. The van der Waals surface area contributed by atoms with E-state index in [0.29, 0.717) is 0 Å². The van der Waals surface area contributed by atoms with Crippen LogP contribution in [0.25, 0.3) is 0 Å². The van der Waals surface area contributed by atoms with E-state index in [1.54, 1.807) is 0 Å². The van der Waals surface area contributed by atoms with Crippen molar-refractivity contribution in [2.45, 2.75) is 36.8 Å². The van der Waals surface area contributed by atoms with Crippen molar-refractivity contribution in [3.8, 4) is 5.75 Å². The third-order valence-corrected chi connectivity index (χ3v) is 3.20. The fourth-order valence-corrected chi connectivity index (χ4v) is 1.74. The van der Waals surface area contributed by atoms with Gasteiger partial charge >= 0.3 is 23.9 Å². The highest BCUT2D eigenvalue weighted by atomic mass is 19.4. The summed E-state index contributed by atoms with van der Waals surface area (Å²) in [5, 5.41) is 10.5. The molecule has 26 heavy (non-hydrogen) atoms. The first-order chi connectivity index (χ1) is 11.6. The largest absolute Gasteiger partial charge is 0.545 e. The Bertz CT molecular complexity index is 624. The molecule has 3 nitrogen and oxygen atoms in total. The SMILES string of the molecule is O=C([O-])c1ccc(OCCCC(F)(F)C(F)(F)C(F)(F)C(F)(F)F)cc1. The molecular weight excluding hydrogens is 387 g/mol. The van der Waals surface area contributed by atoms with Gasteiger partial charge in [0, 0.05) is 6.42 Å². The molecule has 0 atom stereocenters. The number of hydrogen-bond donors (Lipinski definition) is 0. The van der Waals surface area contributed by atoms with Crippen molar-refractivity contribution >= 4 is 5.97 Å². The number of carboxylic acid groups (broad SMARTS) is 1. The minimum Gasteiger partial charge on any atom is -0.545 e. The highest BCUT2D eigenvalue weighted by Gasteiger charge is 2.81. The number of alkyl halides is 9. The predicted molar refractivity (Wildman–Crippen MR) is 66.4 cm³/mol. The Kier molecular flexibility index (Phi) is 6.09. The normalized spacial score (nSPS) is 13.6. The summed E-state index contributed by atoms with van der Waals surface area (Å²) in [6.45, 7) is -0.714. The standard InChI is InChI=1S/C14H11F9O3/c15-11(16,12(17,18)13(19,20)14(21,22)23)6-1-7-26-9-4-2-8(3-5-9)10(24)25/h2-5H,1,6-7H2,(H,24,25)/p-1. The number of hydrogen-bond acceptors (Lipinski definition) is 3. The molecule has 0 aliphatic carbocycles. The lowest BCUT2D eigenvalue weighted by Crippen LogP contribution is -2.60. The van der Waals surface area contributed by atoms with E-state index in [4.69, 9.17) is 4.74 Å². The van der Waals surface area contributed by atoms with E-state index < -0.39 is 49.4 Å². The van der Waals surface area contributed by atoms with Gasteiger partial charge in [0.05, 0.1) is 12.6 Å². The molecule has 0 aromatic heterocycles. The lowest BCUT2D eigenvalue weighted by atomic mass is 10.00. The summed E-state index contributed by atoms with van der Waals surface area (Å²) >= 11 is 0. The Hall–Kier alpha value is -2.14. The molecule has 0 amide bonds. The average Bonchev–Trinajstić information content (AvgIpc) is 2.50. The van der Waals surface area contributed by atoms with Gasteiger partial charge in [-0.05, 0) is 36.2 Å². The summed E-state index contributed by atoms with van der Waals surface area (Å²) in [6.07, 6.45) is -9.82. The maximum atomic E-state index is 13.2. The van der Waals surface area contributed by atoms with Gasteiger partial charge in [0.15, 0.2) is 0 Å². The lowest BCUT2D eigenvalue weighted by molar-refractivity contribution is -0.396. The second kappa shape index (κ2) is 7.23. The molecular formula is C14H10F9O3-. The van der Waals surface area contributed by atoms with E-state index in [9.17, 15) is 49.4 Å². The van der Waals surface area contributed by atoms with Crippen LogP contribution in [0.3, 0.4) is 0 Å². The molecule has 0 saturated carbocycles. The van der Waals surface area contributed by atoms with Crippen LogP contribution < -0.4 is 9.84 Å². The van der Waals surface area contributed by atoms with Gasteiger partial charge in [-0.25, -0.2) is 0 Å². The number of carbonyl (C=O) groups is 1. The smallest absolute Gasteiger partial charge is 0.460 e. The summed E-state index contributed by atoms with van der Waals surface area (Å²) in [5.74, 6) is -20.8. The summed E-state index contributed by atoms with van der Waals surface area (Å²) < 4.78 is 118. The number of ether oxygens (including phenoxy) is 1. The van der Waals surface area contributed by atoms with Gasteiger partial charge in [-0.3, -0.25) is 0 Å². The molecule has 0 bridgehead atoms. The average molecular weight is 397 g/mol. The fourth-order valence-electron chi connectivity index (χ4n) is 1.74. The molecule has 12 heteroatoms. The Morgan fingerprint density at radius 1 is 0.885 bits per heavy atom. The molecule has 0 fully saturated rings. The van der Waals surface area contributed by atoms with Crippen molar-refractivity contribution in [3.63, 3.8) is 0 Å². The second-order valence-corrected chi connectivity index (χ2v) is 5.11. The van der Waals surface area contributed by atoms with Crippen LogP contribution >= 0.6 is 0 Å². The first-order valence-corrected chi connectivity index (χ1v) is 6.78. The molecule has 0 spiro atoms. The summed E-state index contributed by atoms with van der Waals surface area (Å²) in [6, 6.07) is 4.21. The van der Waals surface area contributed by atoms with Crippen molar-refractivity contribution in [1.29, 1.82) is 0 Å². The van der Waals surface area contributed by atoms with E-state index in [1.807, 2.05) is 0 Å². The molecule has 0 aliphatic rings. The number of carboxylic acids is 1. The molecule has 1 rings (SSSR count). The van der Waals surface area contributed by atoms with Gasteiger partial charge in [0.25, 0.3) is 0 Å². The third-order valence-electron chi connectivity index (χ3n) is 3.20. The molecule has 0 N–H and O–H groups in total. The lowest BCUT2D eigenvalue weighted by Gasteiger charge is -2.33. The monoisotopic (exact) mass is 397 g/mol. The van der Waals surface area contributed by atoms with E-state index in [2.05, 4.69) is 0 Å². The van der Waals surface area contributed by atoms with Crippen LogP contribution in [0.4, 0.5) is 39.5 Å². The van der Waals surface area contributed by atoms with Crippen LogP contribution in [0.1, 0.15) is 23.2 Å². The zero-order chi connectivity index (χ0) is 20.4. The third kappa shape index (κ3) is 4.33. The van der Waals surface area contributed by atoms with Crippen LogP contribution in [-0.2, 0) is 0 Å². The van der Waals surface area contributed by atoms with E-state index in [0.717, 1.165) is 24.3 Å². The van der Waals surface area contributed by atoms with Crippen LogP contribution in [-0.4, -0.2) is 36.5 Å². The van der Waals surface area contributed by atoms with E-state index >= 15 is 0 Å². The number of benzene rings is 1. The first kappa shape index (κ1) is 21.9. The molecule has 1 aromatic rings. The molecule has 1 aromatic carbocycles. The quantitative estimate of drug-likeness (QED) is 0.497. The van der Waals surface area contributed by atoms with Crippen LogP contribution in [0, 0.1) is 0 Å². The van der Waals surface area contributed by atoms with Crippen LogP contribution in [0.15, 0.2) is 24.3 Å². The van der Waals surface area contributed by atoms with Gasteiger partial charge in [0.2, 0.25) is 0 Å². The van der Waals surface area contributed by atoms with Crippen molar-refractivity contribution in [3.05, 3.63) is 29.8 Å². The Morgan fingerprint density at radius 3 is 1.81 bits per heavy atom. The number of aromatic carboxylic acids is 1. The number of carbonyl (C=O) groups excluding carboxylic acids is 1. The molecule has 0 radical (unpaired) electrons. The Labute approximate surface area is 140 Å². The summed E-state index contributed by atoms with van der Waals surface area (Å²) in [5.41, 5.74) is -0.238. The van der Waals surface area contributed by atoms with Crippen molar-refractivity contribution in [1.82, 2.24) is 0 Å². The highest BCUT2D eigenvalue weighted by Crippen LogP contribution is 2.54. The summed E-state index contributed by atoms with van der Waals surface area (Å²) in [7, 11) is 0. The van der Waals surface area contributed by atoms with Crippen molar-refractivity contribution in [2.24, 2.45) is 0 Å². The van der Waals surface area contributed by atoms with Gasteiger partial charge in [-0.1, -0.05) is 0 Å². The molecule has 0 unspecified atom stereocenters. The first-order valence-electron chi connectivity index (χ1n) is 6.78. The van der Waals surface area contributed by atoms with Crippen molar-refractivity contribution in [2.75, 3.05) is 6.61 Å². The molecule has 148 valence electrons. The van der Waals surface area contributed by atoms with Crippen molar-refractivity contribution < 1.29 is 54.2 Å². The fraction of sp³-hybridized carbons (Fsp3) is 0.500. The van der Waals surface area contributed by atoms with Gasteiger partial charge in [-0.2, -0.15) is 39.5 Å². The van der Waals surface area contributed by atoms with Gasteiger partial charge < -0.3 is 14.6 Å². The van der Waals surface area contributed by atoms with Gasteiger partial charge in [-0.15, -0.1) is 0 Å². The maximum absolute atomic E-state index is 13.2. The topological polar surface area (TPSA) is 49.4 Å². The van der Waals surface area contributed by atoms with Crippen LogP contribution in [0.2, 0.25) is 0 Å². The molecule has 0 aliphatic heterocycles. The number of halogens is 9. The second-order valence-electron chi connectivity index (χ2n) is 5.11. The maximum Gasteiger partial charge on any atom is 0.460 e. The zero-order valence-corrected chi connectivity index (χ0v) is 12.6. The van der Waals surface area contributed by atoms with E-state index in [1.165, 1.54) is 0 Å². The summed E-state index contributed by atoms with van der Waals surface area (Å²) in [4.78, 5) is 10.5. The predicted octanol–water partition coefficient (Wildman–Crippen LogP) is 3.68. The minimum atomic E-state index is -6.91. The highest BCUT2D eigenvalue weighted by molar-refractivity contribution is 5.85. The Balaban J connectivity index is 2.66. The molecule has 0 heterocycles. The van der Waals surface area contributed by atoms with Gasteiger partial charge in [0.1, 0.15) is 5.75 Å².